The number of Topliss-reactive ketones (excluding diaryl/α,β-unsaturated/α-hetero) is 1. The Bertz CT molecular complexity index is 1030. The van der Waals surface area contributed by atoms with Crippen molar-refractivity contribution in [2.24, 2.45) is 4.99 Å². The van der Waals surface area contributed by atoms with Crippen LogP contribution in [0.4, 0.5) is 0 Å². The van der Waals surface area contributed by atoms with E-state index < -0.39 is 0 Å². The maximum atomic E-state index is 11.9. The molecule has 0 spiro atoms. The molecule has 28 heavy (non-hydrogen) atoms. The van der Waals surface area contributed by atoms with Crippen molar-refractivity contribution in [3.05, 3.63) is 51.7 Å². The molecule has 3 aromatic heterocycles. The number of nitrogens with zero attached hydrogens (tertiary/aromatic N) is 6. The summed E-state index contributed by atoms with van der Waals surface area (Å²) < 4.78 is 2.04. The quantitative estimate of drug-likeness (QED) is 0.669. The highest BCUT2D eigenvalue weighted by Gasteiger charge is 2.31. The molecule has 0 saturated carbocycles. The molecule has 0 aromatic carbocycles. The van der Waals surface area contributed by atoms with Gasteiger partial charge in [0.25, 0.3) is 0 Å². The smallest absolute Gasteiger partial charge is 0.163 e. The van der Waals surface area contributed by atoms with Gasteiger partial charge >= 0.3 is 0 Å². The van der Waals surface area contributed by atoms with Gasteiger partial charge in [0, 0.05) is 22.4 Å². The minimum absolute atomic E-state index is 0.0660. The molecule has 0 N–H and O–H groups in total. The highest BCUT2D eigenvalue weighted by molar-refractivity contribution is 7.15. The maximum absolute atomic E-state index is 11.9. The van der Waals surface area contributed by atoms with Crippen molar-refractivity contribution in [2.45, 2.75) is 54.0 Å². The third kappa shape index (κ3) is 3.40. The molecular weight excluding hydrogens is 372 g/mol. The number of aryl methyl sites for hydroxylation is 2. The van der Waals surface area contributed by atoms with Gasteiger partial charge in [0.1, 0.15) is 22.7 Å². The molecule has 1 aliphatic rings. The number of thiophene rings is 1. The third-order valence-corrected chi connectivity index (χ3v) is 5.77. The minimum Gasteiger partial charge on any atom is -0.300 e. The van der Waals surface area contributed by atoms with E-state index in [2.05, 4.69) is 34.2 Å². The number of carbonyl (C=O) groups is 1. The van der Waals surface area contributed by atoms with Crippen molar-refractivity contribution in [1.29, 1.82) is 0 Å². The molecule has 0 aliphatic carbocycles. The highest BCUT2D eigenvalue weighted by Crippen LogP contribution is 2.39. The zero-order valence-electron chi connectivity index (χ0n) is 17.0. The molecule has 0 radical (unpaired) electrons. The van der Waals surface area contributed by atoms with E-state index in [9.17, 15) is 4.79 Å². The van der Waals surface area contributed by atoms with E-state index >= 15 is 0 Å². The van der Waals surface area contributed by atoms with Crippen LogP contribution in [0.1, 0.15) is 66.5 Å². The van der Waals surface area contributed by atoms with Gasteiger partial charge < -0.3 is 0 Å². The number of rotatable bonds is 3. The molecular formula is C20H24N6OS. The number of hydrogen-bond acceptors (Lipinski definition) is 7. The lowest BCUT2D eigenvalue weighted by Crippen LogP contribution is -2.09. The van der Waals surface area contributed by atoms with Gasteiger partial charge in [-0.2, -0.15) is 10.2 Å². The molecule has 0 unspecified atom stereocenters. The van der Waals surface area contributed by atoms with Crippen LogP contribution in [0.2, 0.25) is 0 Å². The molecule has 0 bridgehead atoms. The van der Waals surface area contributed by atoms with Crippen LogP contribution in [-0.2, 0) is 4.79 Å². The van der Waals surface area contributed by atoms with Crippen LogP contribution in [0.3, 0.4) is 0 Å². The second kappa shape index (κ2) is 8.10. The molecule has 3 aromatic rings. The van der Waals surface area contributed by atoms with E-state index in [4.69, 9.17) is 4.99 Å². The van der Waals surface area contributed by atoms with E-state index in [1.807, 2.05) is 31.4 Å². The Labute approximate surface area is 168 Å². The molecule has 7 nitrogen and oxygen atoms in total. The highest BCUT2D eigenvalue weighted by atomic mass is 32.1. The molecule has 8 heteroatoms. The van der Waals surface area contributed by atoms with E-state index in [0.29, 0.717) is 5.82 Å². The number of ketones is 1. The predicted molar refractivity (Wildman–Crippen MR) is 111 cm³/mol. The van der Waals surface area contributed by atoms with Crippen LogP contribution in [0.25, 0.3) is 5.00 Å². The lowest BCUT2D eigenvalue weighted by molar-refractivity contribution is -0.117. The Balaban J connectivity index is 0.00000109. The fourth-order valence-corrected chi connectivity index (χ4v) is 4.44. The summed E-state index contributed by atoms with van der Waals surface area (Å²) in [6.45, 7) is 11.7. The molecule has 1 aliphatic heterocycles. The topological polar surface area (TPSA) is 85.9 Å². The van der Waals surface area contributed by atoms with Gasteiger partial charge in [-0.1, -0.05) is 13.8 Å². The monoisotopic (exact) mass is 396 g/mol. The predicted octanol–water partition coefficient (Wildman–Crippen LogP) is 3.94. The second-order valence-corrected chi connectivity index (χ2v) is 7.64. The van der Waals surface area contributed by atoms with Crippen molar-refractivity contribution in [2.75, 3.05) is 0 Å². The summed E-state index contributed by atoms with van der Waals surface area (Å²) in [4.78, 5) is 18.1. The third-order valence-electron chi connectivity index (χ3n) is 4.58. The van der Waals surface area contributed by atoms with Crippen molar-refractivity contribution >= 4 is 22.8 Å². The largest absolute Gasteiger partial charge is 0.300 e. The first kappa shape index (κ1) is 20.0. The first-order valence-electron chi connectivity index (χ1n) is 9.34. The summed E-state index contributed by atoms with van der Waals surface area (Å²) in [5, 5.41) is 17.5. The number of aliphatic imine (C=N–C) groups is 1. The SMILES string of the molecule is CC.CC(=O)C[C@@H]1N=C(c2ccnnc2)c2c(sc(C)c2C)-n2c(C)nnc21. The lowest BCUT2D eigenvalue weighted by atomic mass is 10.0. The molecule has 1 atom stereocenters. The fraction of sp³-hybridized carbons (Fsp3) is 0.400. The number of aromatic nitrogens is 5. The van der Waals surface area contributed by atoms with Crippen LogP contribution in [-0.4, -0.2) is 36.5 Å². The van der Waals surface area contributed by atoms with Crippen LogP contribution in [0.15, 0.2) is 23.5 Å². The van der Waals surface area contributed by atoms with Gasteiger partial charge in [-0.3, -0.25) is 14.4 Å². The van der Waals surface area contributed by atoms with Crippen LogP contribution in [0.5, 0.6) is 0 Å². The fourth-order valence-electron chi connectivity index (χ4n) is 3.23. The van der Waals surface area contributed by atoms with Gasteiger partial charge in [-0.25, -0.2) is 0 Å². The molecule has 146 valence electrons. The molecule has 0 saturated heterocycles. The van der Waals surface area contributed by atoms with E-state index in [1.165, 1.54) is 10.4 Å². The maximum Gasteiger partial charge on any atom is 0.163 e. The molecule has 0 amide bonds. The van der Waals surface area contributed by atoms with Gasteiger partial charge in [0.05, 0.1) is 18.1 Å². The summed E-state index contributed by atoms with van der Waals surface area (Å²) in [5.41, 5.74) is 3.93. The van der Waals surface area contributed by atoms with Crippen molar-refractivity contribution in [1.82, 2.24) is 25.0 Å². The van der Waals surface area contributed by atoms with Crippen molar-refractivity contribution in [3.63, 3.8) is 0 Å². The number of fused-ring (bicyclic) bond motifs is 3. The summed E-state index contributed by atoms with van der Waals surface area (Å²) in [6, 6.07) is 1.52. The van der Waals surface area contributed by atoms with E-state index in [1.54, 1.807) is 30.7 Å². The van der Waals surface area contributed by atoms with Gasteiger partial charge in [0.15, 0.2) is 5.82 Å². The Kier molecular flexibility index (Phi) is 5.79. The molecule has 4 rings (SSSR count). The zero-order chi connectivity index (χ0) is 20.4. The van der Waals surface area contributed by atoms with Crippen molar-refractivity contribution < 1.29 is 4.79 Å². The Morgan fingerprint density at radius 1 is 1.18 bits per heavy atom. The standard InChI is InChI=1S/C18H18N6OS.C2H6/c1-9(25)7-14-17-23-22-12(4)24(17)18-15(10(2)11(3)26-18)16(21-14)13-5-6-19-20-8-13;1-2/h5-6,8,14H,7H2,1-4H3;1-2H3/t14-;/m0./s1. The lowest BCUT2D eigenvalue weighted by Gasteiger charge is -2.10. The first-order valence-corrected chi connectivity index (χ1v) is 10.2. The van der Waals surface area contributed by atoms with E-state index in [-0.39, 0.29) is 18.2 Å². The Hall–Kier alpha value is -2.74. The minimum atomic E-state index is -0.379. The summed E-state index contributed by atoms with van der Waals surface area (Å²) in [7, 11) is 0. The van der Waals surface area contributed by atoms with Gasteiger partial charge in [0.2, 0.25) is 0 Å². The molecule has 0 fully saturated rings. The van der Waals surface area contributed by atoms with Crippen LogP contribution < -0.4 is 0 Å². The zero-order valence-corrected chi connectivity index (χ0v) is 17.8. The summed E-state index contributed by atoms with van der Waals surface area (Å²) in [6.07, 6.45) is 3.65. The number of hydrogen-bond donors (Lipinski definition) is 0. The van der Waals surface area contributed by atoms with Gasteiger partial charge in [-0.05, 0) is 39.3 Å². The number of carbonyl (C=O) groups excluding carboxylic acids is 1. The van der Waals surface area contributed by atoms with E-state index in [0.717, 1.165) is 27.7 Å². The molecule has 4 heterocycles. The Morgan fingerprint density at radius 3 is 2.57 bits per heavy atom. The summed E-state index contributed by atoms with van der Waals surface area (Å²) >= 11 is 1.69. The average Bonchev–Trinajstić information content (AvgIpc) is 3.16. The first-order chi connectivity index (χ1) is 13.5. The van der Waals surface area contributed by atoms with Crippen molar-refractivity contribution in [3.8, 4) is 5.00 Å². The second-order valence-electron chi connectivity index (χ2n) is 6.43. The van der Waals surface area contributed by atoms with Gasteiger partial charge in [-0.15, -0.1) is 21.5 Å². The van der Waals surface area contributed by atoms with Crippen LogP contribution >= 0.6 is 11.3 Å². The average molecular weight is 397 g/mol. The Morgan fingerprint density at radius 2 is 1.93 bits per heavy atom. The summed E-state index contributed by atoms with van der Waals surface area (Å²) in [5.74, 6) is 1.56. The van der Waals surface area contributed by atoms with Crippen LogP contribution in [0, 0.1) is 20.8 Å². The normalized spacial score (nSPS) is 14.9.